The molecule has 0 aromatic rings. The normalized spacial score (nSPS) is 32.2. The van der Waals surface area contributed by atoms with Gasteiger partial charge in [-0.1, -0.05) is 19.8 Å². The van der Waals surface area contributed by atoms with Gasteiger partial charge in [0.2, 0.25) is 0 Å². The summed E-state index contributed by atoms with van der Waals surface area (Å²) in [6.45, 7) is 2.24. The minimum Gasteiger partial charge on any atom is -0.389 e. The van der Waals surface area contributed by atoms with E-state index in [2.05, 4.69) is 6.92 Å². The molecule has 2 fully saturated rings. The second kappa shape index (κ2) is 2.22. The monoisotopic (exact) mass is 154 g/mol. The molecule has 2 saturated carbocycles. The standard InChI is InChI=1S/C10H18O/c1-2-9(5-3-4-6-9)10(11)7-8-10/h11H,2-8H2,1H3. The largest absolute Gasteiger partial charge is 0.389 e. The Hall–Kier alpha value is -0.0400. The average Bonchev–Trinajstić information content (AvgIpc) is 2.62. The molecule has 0 aromatic heterocycles. The zero-order valence-electron chi connectivity index (χ0n) is 7.40. The highest BCUT2D eigenvalue weighted by Gasteiger charge is 2.57. The SMILES string of the molecule is CCC1(C2(O)CC2)CCCC1. The molecule has 0 radical (unpaired) electrons. The van der Waals surface area contributed by atoms with Crippen LogP contribution in [-0.2, 0) is 0 Å². The minimum atomic E-state index is -0.224. The molecule has 0 aliphatic heterocycles. The molecule has 0 saturated heterocycles. The van der Waals surface area contributed by atoms with E-state index in [1.807, 2.05) is 0 Å². The van der Waals surface area contributed by atoms with Gasteiger partial charge in [0, 0.05) is 0 Å². The third-order valence-corrected chi connectivity index (χ3v) is 3.95. The van der Waals surface area contributed by atoms with E-state index >= 15 is 0 Å². The van der Waals surface area contributed by atoms with Crippen molar-refractivity contribution in [3.05, 3.63) is 0 Å². The molecule has 0 atom stereocenters. The van der Waals surface area contributed by atoms with Gasteiger partial charge < -0.3 is 5.11 Å². The summed E-state index contributed by atoms with van der Waals surface area (Å²) in [5, 5.41) is 10.1. The lowest BCUT2D eigenvalue weighted by molar-refractivity contribution is 0.000865. The van der Waals surface area contributed by atoms with E-state index in [0.717, 1.165) is 12.8 Å². The van der Waals surface area contributed by atoms with Gasteiger partial charge in [0.05, 0.1) is 5.60 Å². The highest BCUT2D eigenvalue weighted by molar-refractivity contribution is 5.09. The highest BCUT2D eigenvalue weighted by atomic mass is 16.3. The van der Waals surface area contributed by atoms with Crippen molar-refractivity contribution >= 4 is 0 Å². The van der Waals surface area contributed by atoms with Crippen LogP contribution in [0.5, 0.6) is 0 Å². The molecule has 2 rings (SSSR count). The lowest BCUT2D eigenvalue weighted by Gasteiger charge is -2.33. The van der Waals surface area contributed by atoms with Crippen LogP contribution in [0, 0.1) is 5.41 Å². The maximum atomic E-state index is 10.1. The molecule has 0 aromatic carbocycles. The van der Waals surface area contributed by atoms with Gasteiger partial charge in [-0.3, -0.25) is 0 Å². The van der Waals surface area contributed by atoms with Gasteiger partial charge in [0.1, 0.15) is 0 Å². The van der Waals surface area contributed by atoms with Crippen LogP contribution in [0.4, 0.5) is 0 Å². The van der Waals surface area contributed by atoms with E-state index in [1.54, 1.807) is 0 Å². The second-order valence-corrected chi connectivity index (χ2v) is 4.37. The zero-order valence-corrected chi connectivity index (χ0v) is 7.40. The van der Waals surface area contributed by atoms with Crippen LogP contribution in [0.2, 0.25) is 0 Å². The fourth-order valence-corrected chi connectivity index (χ4v) is 2.85. The van der Waals surface area contributed by atoms with E-state index in [-0.39, 0.29) is 5.60 Å². The Morgan fingerprint density at radius 1 is 1.09 bits per heavy atom. The fraction of sp³-hybridized carbons (Fsp3) is 1.00. The molecular weight excluding hydrogens is 136 g/mol. The Balaban J connectivity index is 2.15. The predicted molar refractivity (Wildman–Crippen MR) is 45.4 cm³/mol. The molecule has 0 bridgehead atoms. The summed E-state index contributed by atoms with van der Waals surface area (Å²) >= 11 is 0. The molecule has 1 nitrogen and oxygen atoms in total. The molecule has 11 heavy (non-hydrogen) atoms. The Kier molecular flexibility index (Phi) is 1.54. The summed E-state index contributed by atoms with van der Waals surface area (Å²) in [7, 11) is 0. The van der Waals surface area contributed by atoms with Crippen molar-refractivity contribution in [1.82, 2.24) is 0 Å². The van der Waals surface area contributed by atoms with E-state index in [9.17, 15) is 5.11 Å². The van der Waals surface area contributed by atoms with Crippen LogP contribution in [-0.4, -0.2) is 10.7 Å². The smallest absolute Gasteiger partial charge is 0.0705 e. The zero-order chi connectivity index (χ0) is 7.95. The summed E-state index contributed by atoms with van der Waals surface area (Å²) < 4.78 is 0. The van der Waals surface area contributed by atoms with Crippen molar-refractivity contribution in [2.45, 2.75) is 57.5 Å². The molecule has 2 aliphatic carbocycles. The number of hydrogen-bond donors (Lipinski definition) is 1. The topological polar surface area (TPSA) is 20.2 Å². The lowest BCUT2D eigenvalue weighted by Crippen LogP contribution is -2.33. The van der Waals surface area contributed by atoms with E-state index in [4.69, 9.17) is 0 Å². The van der Waals surface area contributed by atoms with Crippen LogP contribution < -0.4 is 0 Å². The summed E-state index contributed by atoms with van der Waals surface area (Å²) in [5.74, 6) is 0. The van der Waals surface area contributed by atoms with Crippen molar-refractivity contribution in [3.63, 3.8) is 0 Å². The first-order valence-electron chi connectivity index (χ1n) is 4.95. The first-order valence-corrected chi connectivity index (χ1v) is 4.95. The predicted octanol–water partition coefficient (Wildman–Crippen LogP) is 2.48. The molecule has 0 heterocycles. The van der Waals surface area contributed by atoms with Crippen molar-refractivity contribution in [2.75, 3.05) is 0 Å². The van der Waals surface area contributed by atoms with Gasteiger partial charge in [0.15, 0.2) is 0 Å². The summed E-state index contributed by atoms with van der Waals surface area (Å²) in [6, 6.07) is 0. The highest BCUT2D eigenvalue weighted by Crippen LogP contribution is 2.59. The van der Waals surface area contributed by atoms with Crippen LogP contribution >= 0.6 is 0 Å². The van der Waals surface area contributed by atoms with Crippen molar-refractivity contribution in [1.29, 1.82) is 0 Å². The van der Waals surface area contributed by atoms with Crippen molar-refractivity contribution in [2.24, 2.45) is 5.41 Å². The fourth-order valence-electron chi connectivity index (χ4n) is 2.85. The van der Waals surface area contributed by atoms with Gasteiger partial charge >= 0.3 is 0 Å². The first-order chi connectivity index (χ1) is 5.22. The third kappa shape index (κ3) is 0.936. The lowest BCUT2D eigenvalue weighted by atomic mass is 9.76. The number of aliphatic hydroxyl groups is 1. The van der Waals surface area contributed by atoms with E-state index < -0.39 is 0 Å². The molecule has 0 amide bonds. The molecule has 0 spiro atoms. The van der Waals surface area contributed by atoms with E-state index in [0.29, 0.717) is 5.41 Å². The molecular formula is C10H18O. The minimum absolute atomic E-state index is 0.224. The maximum absolute atomic E-state index is 10.1. The van der Waals surface area contributed by atoms with Crippen LogP contribution in [0.3, 0.4) is 0 Å². The van der Waals surface area contributed by atoms with Gasteiger partial charge in [-0.25, -0.2) is 0 Å². The second-order valence-electron chi connectivity index (χ2n) is 4.37. The summed E-state index contributed by atoms with van der Waals surface area (Å²) in [5.41, 5.74) is 0.116. The van der Waals surface area contributed by atoms with Gasteiger partial charge in [-0.2, -0.15) is 0 Å². The maximum Gasteiger partial charge on any atom is 0.0705 e. The Labute approximate surface area is 68.8 Å². The van der Waals surface area contributed by atoms with E-state index in [1.165, 1.54) is 32.1 Å². The van der Waals surface area contributed by atoms with Gasteiger partial charge in [-0.05, 0) is 37.5 Å². The molecule has 1 N–H and O–H groups in total. The van der Waals surface area contributed by atoms with Crippen molar-refractivity contribution < 1.29 is 5.11 Å². The average molecular weight is 154 g/mol. The molecule has 0 unspecified atom stereocenters. The van der Waals surface area contributed by atoms with Crippen LogP contribution in [0.25, 0.3) is 0 Å². The van der Waals surface area contributed by atoms with Crippen LogP contribution in [0.1, 0.15) is 51.9 Å². The molecule has 64 valence electrons. The molecule has 2 aliphatic rings. The Morgan fingerprint density at radius 2 is 1.64 bits per heavy atom. The summed E-state index contributed by atoms with van der Waals surface area (Å²) in [4.78, 5) is 0. The quantitative estimate of drug-likeness (QED) is 0.648. The van der Waals surface area contributed by atoms with Gasteiger partial charge in [-0.15, -0.1) is 0 Å². The van der Waals surface area contributed by atoms with Gasteiger partial charge in [0.25, 0.3) is 0 Å². The summed E-state index contributed by atoms with van der Waals surface area (Å²) in [6.07, 6.45) is 8.57. The van der Waals surface area contributed by atoms with Crippen molar-refractivity contribution in [3.8, 4) is 0 Å². The Morgan fingerprint density at radius 3 is 2.00 bits per heavy atom. The molecule has 1 heteroatoms. The number of rotatable bonds is 2. The first kappa shape index (κ1) is 7.60. The van der Waals surface area contributed by atoms with Crippen LogP contribution in [0.15, 0.2) is 0 Å². The number of hydrogen-bond acceptors (Lipinski definition) is 1. The Bertz CT molecular complexity index is 152. The third-order valence-electron chi connectivity index (χ3n) is 3.95.